The largest absolute Gasteiger partial charge is 0.416 e. The molecule has 2 aromatic carbocycles. The van der Waals surface area contributed by atoms with Crippen LogP contribution >= 0.6 is 0 Å². The van der Waals surface area contributed by atoms with Gasteiger partial charge < -0.3 is 5.73 Å². The molecule has 0 atom stereocenters. The predicted octanol–water partition coefficient (Wildman–Crippen LogP) is 4.56. The molecule has 1 amide bonds. The van der Waals surface area contributed by atoms with Crippen molar-refractivity contribution in [3.63, 3.8) is 0 Å². The fourth-order valence-electron chi connectivity index (χ4n) is 3.16. The van der Waals surface area contributed by atoms with Gasteiger partial charge in [-0.25, -0.2) is 0 Å². The highest BCUT2D eigenvalue weighted by molar-refractivity contribution is 5.93. The zero-order valence-electron chi connectivity index (χ0n) is 16.0. The number of carbonyl (C=O) groups excluding carboxylic acids is 1. The maximum Gasteiger partial charge on any atom is 0.416 e. The average molecular weight is 412 g/mol. The Bertz CT molecular complexity index is 1070. The van der Waals surface area contributed by atoms with Crippen LogP contribution in [0.15, 0.2) is 54.6 Å². The number of nitrogens with two attached hydrogens (primary N) is 1. The van der Waals surface area contributed by atoms with Crippen molar-refractivity contribution in [2.24, 2.45) is 5.73 Å². The van der Waals surface area contributed by atoms with Gasteiger partial charge in [-0.05, 0) is 55.7 Å². The lowest BCUT2D eigenvalue weighted by Crippen LogP contribution is -2.10. The summed E-state index contributed by atoms with van der Waals surface area (Å²) in [4.78, 5) is 10.6. The summed E-state index contributed by atoms with van der Waals surface area (Å²) >= 11 is 0. The van der Waals surface area contributed by atoms with Gasteiger partial charge in [-0.2, -0.15) is 23.5 Å². The quantitative estimate of drug-likeness (QED) is 0.670. The molecule has 2 N–H and O–H groups in total. The van der Waals surface area contributed by atoms with Crippen molar-refractivity contribution in [3.8, 4) is 17.3 Å². The number of aromatic nitrogens is 2. The summed E-state index contributed by atoms with van der Waals surface area (Å²) in [6, 6.07) is 15.4. The Morgan fingerprint density at radius 3 is 2.53 bits per heavy atom. The maximum absolute atomic E-state index is 12.7. The van der Waals surface area contributed by atoms with Crippen LogP contribution in [0.5, 0.6) is 0 Å². The zero-order valence-corrected chi connectivity index (χ0v) is 16.0. The number of hydrogen-bond acceptors (Lipinski definition) is 3. The number of rotatable bonds is 2. The van der Waals surface area contributed by atoms with E-state index in [0.29, 0.717) is 22.4 Å². The van der Waals surface area contributed by atoms with E-state index in [2.05, 4.69) is 5.10 Å². The normalized spacial score (nSPS) is 12.9. The SMILES string of the molecule is FC(F)(F)c1cccc(-c2cc3n(n2)CCCC3)c1.N#Cc1cccc(C(N)=O)c1. The first-order valence-electron chi connectivity index (χ1n) is 9.32. The van der Waals surface area contributed by atoms with Gasteiger partial charge in [-0.15, -0.1) is 0 Å². The van der Waals surface area contributed by atoms with Gasteiger partial charge in [-0.1, -0.05) is 18.2 Å². The zero-order chi connectivity index (χ0) is 21.7. The van der Waals surface area contributed by atoms with Crippen molar-refractivity contribution in [2.75, 3.05) is 0 Å². The lowest BCUT2D eigenvalue weighted by Gasteiger charge is -2.11. The number of nitriles is 1. The second-order valence-electron chi connectivity index (χ2n) is 6.84. The molecule has 4 rings (SSSR count). The Balaban J connectivity index is 0.000000199. The molecule has 0 spiro atoms. The van der Waals surface area contributed by atoms with E-state index in [0.717, 1.165) is 43.6 Å². The molecule has 0 bridgehead atoms. The molecule has 0 aliphatic carbocycles. The Kier molecular flexibility index (Phi) is 6.21. The molecule has 0 saturated heterocycles. The smallest absolute Gasteiger partial charge is 0.366 e. The number of benzene rings is 2. The molecule has 3 aromatic rings. The maximum atomic E-state index is 12.7. The number of halogens is 3. The third-order valence-electron chi connectivity index (χ3n) is 4.68. The summed E-state index contributed by atoms with van der Waals surface area (Å²) in [5.74, 6) is -0.512. The van der Waals surface area contributed by atoms with Crippen molar-refractivity contribution in [2.45, 2.75) is 32.0 Å². The highest BCUT2D eigenvalue weighted by atomic mass is 19.4. The first-order chi connectivity index (χ1) is 14.3. The molecule has 8 heteroatoms. The molecule has 0 saturated carbocycles. The highest BCUT2D eigenvalue weighted by Gasteiger charge is 2.30. The molecule has 2 heterocycles. The lowest BCUT2D eigenvalue weighted by molar-refractivity contribution is -0.137. The van der Waals surface area contributed by atoms with Crippen molar-refractivity contribution in [1.82, 2.24) is 9.78 Å². The molecular formula is C22H19F3N4O. The van der Waals surface area contributed by atoms with Gasteiger partial charge in [0.05, 0.1) is 22.9 Å². The molecule has 0 fully saturated rings. The molecule has 30 heavy (non-hydrogen) atoms. The van der Waals surface area contributed by atoms with Gasteiger partial charge in [0.1, 0.15) is 0 Å². The molecule has 1 aromatic heterocycles. The van der Waals surface area contributed by atoms with E-state index in [1.807, 2.05) is 16.8 Å². The van der Waals surface area contributed by atoms with E-state index in [-0.39, 0.29) is 0 Å². The number of aryl methyl sites for hydroxylation is 2. The lowest BCUT2D eigenvalue weighted by atomic mass is 10.1. The molecule has 154 valence electrons. The monoisotopic (exact) mass is 412 g/mol. The van der Waals surface area contributed by atoms with Crippen LogP contribution in [0.3, 0.4) is 0 Å². The fourth-order valence-corrected chi connectivity index (χ4v) is 3.16. The number of alkyl halides is 3. The summed E-state index contributed by atoms with van der Waals surface area (Å²) in [5.41, 5.74) is 7.43. The second-order valence-corrected chi connectivity index (χ2v) is 6.84. The Morgan fingerprint density at radius 2 is 1.87 bits per heavy atom. The molecule has 5 nitrogen and oxygen atoms in total. The summed E-state index contributed by atoms with van der Waals surface area (Å²) in [5, 5.41) is 12.8. The van der Waals surface area contributed by atoms with E-state index >= 15 is 0 Å². The predicted molar refractivity (Wildman–Crippen MR) is 105 cm³/mol. The second kappa shape index (κ2) is 8.82. The minimum Gasteiger partial charge on any atom is -0.366 e. The third kappa shape index (κ3) is 5.06. The van der Waals surface area contributed by atoms with Crippen LogP contribution in [-0.2, 0) is 19.1 Å². The van der Waals surface area contributed by atoms with Crippen LogP contribution in [-0.4, -0.2) is 15.7 Å². The van der Waals surface area contributed by atoms with Gasteiger partial charge in [0.2, 0.25) is 5.91 Å². The van der Waals surface area contributed by atoms with E-state index in [1.54, 1.807) is 24.3 Å². The Hall–Kier alpha value is -3.60. The number of amides is 1. The van der Waals surface area contributed by atoms with Crippen molar-refractivity contribution >= 4 is 5.91 Å². The summed E-state index contributed by atoms with van der Waals surface area (Å²) in [6.45, 7) is 0.855. The Morgan fingerprint density at radius 1 is 1.10 bits per heavy atom. The standard InChI is InChI=1S/C14H13F3N2.C8H6N2O/c15-14(16,17)11-5-3-4-10(8-11)13-9-12-6-1-2-7-19(12)18-13;9-5-6-2-1-3-7(4-6)8(10)11/h3-5,8-9H,1-2,6-7H2;1-4H,(H2,10,11). The number of hydrogen-bond donors (Lipinski definition) is 1. The Labute approximate surface area is 171 Å². The van der Waals surface area contributed by atoms with Crippen LogP contribution in [0.1, 0.15) is 40.0 Å². The topological polar surface area (TPSA) is 84.7 Å². The minimum atomic E-state index is -4.31. The molecule has 0 radical (unpaired) electrons. The number of fused-ring (bicyclic) bond motifs is 1. The summed E-state index contributed by atoms with van der Waals surface area (Å²) in [7, 11) is 0. The molecule has 1 aliphatic heterocycles. The molecule has 1 aliphatic rings. The first-order valence-corrected chi connectivity index (χ1v) is 9.32. The van der Waals surface area contributed by atoms with Crippen LogP contribution < -0.4 is 5.73 Å². The van der Waals surface area contributed by atoms with Gasteiger partial charge in [0.25, 0.3) is 0 Å². The van der Waals surface area contributed by atoms with Crippen molar-refractivity contribution in [3.05, 3.63) is 77.0 Å². The average Bonchev–Trinajstić information content (AvgIpc) is 3.18. The van der Waals surface area contributed by atoms with E-state index < -0.39 is 17.6 Å². The van der Waals surface area contributed by atoms with Crippen molar-refractivity contribution in [1.29, 1.82) is 5.26 Å². The van der Waals surface area contributed by atoms with Gasteiger partial charge in [0, 0.05) is 23.4 Å². The van der Waals surface area contributed by atoms with Crippen LogP contribution in [0.2, 0.25) is 0 Å². The minimum absolute atomic E-state index is 0.365. The van der Waals surface area contributed by atoms with E-state index in [1.165, 1.54) is 12.1 Å². The van der Waals surface area contributed by atoms with E-state index in [9.17, 15) is 18.0 Å². The van der Waals surface area contributed by atoms with Crippen LogP contribution in [0.4, 0.5) is 13.2 Å². The first kappa shape index (κ1) is 21.1. The van der Waals surface area contributed by atoms with Crippen LogP contribution in [0, 0.1) is 11.3 Å². The molecular weight excluding hydrogens is 393 g/mol. The highest BCUT2D eigenvalue weighted by Crippen LogP contribution is 2.32. The van der Waals surface area contributed by atoms with Crippen molar-refractivity contribution < 1.29 is 18.0 Å². The third-order valence-corrected chi connectivity index (χ3v) is 4.68. The van der Waals surface area contributed by atoms with Gasteiger partial charge >= 0.3 is 6.18 Å². The van der Waals surface area contributed by atoms with Gasteiger partial charge in [-0.3, -0.25) is 9.48 Å². The molecule has 0 unspecified atom stereocenters. The summed E-state index contributed by atoms with van der Waals surface area (Å²) in [6.07, 6.45) is -1.16. The van der Waals surface area contributed by atoms with Crippen LogP contribution in [0.25, 0.3) is 11.3 Å². The number of nitrogens with zero attached hydrogens (tertiary/aromatic N) is 3. The summed E-state index contributed by atoms with van der Waals surface area (Å²) < 4.78 is 40.0. The number of primary amides is 1. The number of carbonyl (C=O) groups is 1. The van der Waals surface area contributed by atoms with Gasteiger partial charge in [0.15, 0.2) is 0 Å². The van der Waals surface area contributed by atoms with E-state index in [4.69, 9.17) is 11.0 Å². The fraction of sp³-hybridized carbons (Fsp3) is 0.227.